The first-order chi connectivity index (χ1) is 15.0. The number of amides is 1. The highest BCUT2D eigenvalue weighted by atomic mass is 16.5. The van der Waals surface area contributed by atoms with Crippen molar-refractivity contribution in [2.24, 2.45) is 0 Å². The van der Waals surface area contributed by atoms with Gasteiger partial charge >= 0.3 is 0 Å². The van der Waals surface area contributed by atoms with Gasteiger partial charge in [-0.15, -0.1) is 0 Å². The van der Waals surface area contributed by atoms with Crippen LogP contribution in [0.5, 0.6) is 17.2 Å². The molecule has 4 rings (SSSR count). The van der Waals surface area contributed by atoms with Gasteiger partial charge < -0.3 is 14.2 Å². The van der Waals surface area contributed by atoms with E-state index in [0.717, 1.165) is 28.9 Å². The first-order valence-electron chi connectivity index (χ1n) is 10.5. The van der Waals surface area contributed by atoms with Gasteiger partial charge in [-0.05, 0) is 37.5 Å². The number of hydrogen-bond donors (Lipinski definition) is 0. The molecule has 31 heavy (non-hydrogen) atoms. The fourth-order valence-corrected chi connectivity index (χ4v) is 4.75. The molecule has 0 saturated heterocycles. The summed E-state index contributed by atoms with van der Waals surface area (Å²) in [6, 6.07) is 11.5. The van der Waals surface area contributed by atoms with Crippen molar-refractivity contribution >= 4 is 17.4 Å². The molecule has 6 nitrogen and oxygen atoms in total. The Balaban J connectivity index is 1.92. The number of methoxy groups -OCH3 is 3. The normalized spacial score (nSPS) is 18.7. The SMILES string of the molecule is COc1ccc([C@@H]2CC(=O)N(c3ccccc3C)C3=C2C(=O)CCC3)c(OC)c1OC. The number of carbonyl (C=O) groups excluding carboxylic acids is 2. The molecular weight excluding hydrogens is 394 g/mol. The topological polar surface area (TPSA) is 65.1 Å². The number of benzene rings is 2. The molecule has 1 aliphatic heterocycles. The lowest BCUT2D eigenvalue weighted by Gasteiger charge is -2.39. The van der Waals surface area contributed by atoms with Crippen LogP contribution in [-0.4, -0.2) is 33.0 Å². The van der Waals surface area contributed by atoms with Gasteiger partial charge in [0.1, 0.15) is 0 Å². The third-order valence-corrected chi connectivity index (χ3v) is 6.14. The number of para-hydroxylation sites is 1. The maximum atomic E-state index is 13.5. The lowest BCUT2D eigenvalue weighted by molar-refractivity contribution is -0.119. The minimum Gasteiger partial charge on any atom is -0.493 e. The summed E-state index contributed by atoms with van der Waals surface area (Å²) in [6.45, 7) is 1.98. The van der Waals surface area contributed by atoms with Gasteiger partial charge in [-0.1, -0.05) is 24.3 Å². The number of ether oxygens (including phenoxy) is 3. The molecule has 2 aromatic carbocycles. The van der Waals surface area contributed by atoms with Crippen molar-refractivity contribution in [3.8, 4) is 17.2 Å². The second-order valence-electron chi connectivity index (χ2n) is 7.83. The first kappa shape index (κ1) is 21.0. The minimum absolute atomic E-state index is 0.0235. The number of anilines is 1. The molecule has 0 N–H and O–H groups in total. The van der Waals surface area contributed by atoms with E-state index in [-0.39, 0.29) is 24.0 Å². The van der Waals surface area contributed by atoms with Gasteiger partial charge in [0.25, 0.3) is 0 Å². The van der Waals surface area contributed by atoms with E-state index >= 15 is 0 Å². The van der Waals surface area contributed by atoms with Crippen LogP contribution in [-0.2, 0) is 9.59 Å². The molecule has 2 aromatic rings. The smallest absolute Gasteiger partial charge is 0.232 e. The van der Waals surface area contributed by atoms with Crippen molar-refractivity contribution in [2.75, 3.05) is 26.2 Å². The molecule has 0 saturated carbocycles. The van der Waals surface area contributed by atoms with Crippen LogP contribution in [0.4, 0.5) is 5.69 Å². The van der Waals surface area contributed by atoms with Crippen LogP contribution in [0.3, 0.4) is 0 Å². The Hall–Kier alpha value is -3.28. The predicted molar refractivity (Wildman–Crippen MR) is 118 cm³/mol. The molecular formula is C25H27NO5. The third-order valence-electron chi connectivity index (χ3n) is 6.14. The number of carbonyl (C=O) groups is 2. The van der Waals surface area contributed by atoms with Crippen LogP contribution in [0, 0.1) is 6.92 Å². The highest BCUT2D eigenvalue weighted by Gasteiger charge is 2.41. The minimum atomic E-state index is -0.384. The predicted octanol–water partition coefficient (Wildman–Crippen LogP) is 4.55. The number of ketones is 1. The Labute approximate surface area is 182 Å². The molecule has 0 spiro atoms. The Kier molecular flexibility index (Phi) is 5.72. The average molecular weight is 421 g/mol. The molecule has 0 unspecified atom stereocenters. The van der Waals surface area contributed by atoms with Crippen molar-refractivity contribution in [3.05, 3.63) is 58.8 Å². The zero-order valence-electron chi connectivity index (χ0n) is 18.4. The molecule has 0 radical (unpaired) electrons. The first-order valence-corrected chi connectivity index (χ1v) is 10.5. The van der Waals surface area contributed by atoms with E-state index in [0.29, 0.717) is 35.7 Å². The fraction of sp³-hybridized carbons (Fsp3) is 0.360. The highest BCUT2D eigenvalue weighted by Crippen LogP contribution is 2.49. The summed E-state index contributed by atoms with van der Waals surface area (Å²) in [6.07, 6.45) is 2.10. The number of allylic oxidation sites excluding steroid dienone is 2. The van der Waals surface area contributed by atoms with Crippen LogP contribution in [0.25, 0.3) is 0 Å². The molecule has 2 aliphatic rings. The third kappa shape index (κ3) is 3.46. The second kappa shape index (κ2) is 8.46. The summed E-state index contributed by atoms with van der Waals surface area (Å²) in [5.74, 6) is 1.18. The second-order valence-corrected chi connectivity index (χ2v) is 7.83. The van der Waals surface area contributed by atoms with Crippen molar-refractivity contribution in [3.63, 3.8) is 0 Å². The number of Topliss-reactive ketones (excluding diaryl/α,β-unsaturated/α-hetero) is 1. The standard InChI is InChI=1S/C25H27NO5/c1-15-8-5-6-9-18(15)26-19-10-7-11-20(27)23(19)17(14-22(26)28)16-12-13-21(29-2)25(31-4)24(16)30-3/h5-6,8-9,12-13,17H,7,10-11,14H2,1-4H3/t17-/m0/s1. The van der Waals surface area contributed by atoms with E-state index in [1.165, 1.54) is 0 Å². The molecule has 6 heteroatoms. The molecule has 1 atom stereocenters. The molecule has 0 bridgehead atoms. The number of rotatable bonds is 5. The van der Waals surface area contributed by atoms with Gasteiger partial charge in [0.15, 0.2) is 17.3 Å². The quantitative estimate of drug-likeness (QED) is 0.709. The largest absolute Gasteiger partial charge is 0.493 e. The van der Waals surface area contributed by atoms with Crippen molar-refractivity contribution in [1.29, 1.82) is 0 Å². The summed E-state index contributed by atoms with van der Waals surface area (Å²) in [7, 11) is 4.67. The fourth-order valence-electron chi connectivity index (χ4n) is 4.75. The van der Waals surface area contributed by atoms with Crippen LogP contribution >= 0.6 is 0 Å². The number of nitrogens with zero attached hydrogens (tertiary/aromatic N) is 1. The van der Waals surface area contributed by atoms with E-state index < -0.39 is 0 Å². The van der Waals surface area contributed by atoms with Crippen LogP contribution in [0.1, 0.15) is 42.7 Å². The zero-order chi connectivity index (χ0) is 22.1. The molecule has 1 amide bonds. The van der Waals surface area contributed by atoms with Crippen LogP contribution < -0.4 is 19.1 Å². The van der Waals surface area contributed by atoms with E-state index in [4.69, 9.17) is 14.2 Å². The summed E-state index contributed by atoms with van der Waals surface area (Å²) in [4.78, 5) is 28.4. The van der Waals surface area contributed by atoms with Gasteiger partial charge in [-0.3, -0.25) is 14.5 Å². The van der Waals surface area contributed by atoms with E-state index in [1.807, 2.05) is 37.3 Å². The lowest BCUT2D eigenvalue weighted by Crippen LogP contribution is -2.41. The zero-order valence-corrected chi connectivity index (χ0v) is 18.4. The Bertz CT molecular complexity index is 1070. The monoisotopic (exact) mass is 421 g/mol. The molecule has 0 aromatic heterocycles. The highest BCUT2D eigenvalue weighted by molar-refractivity contribution is 6.08. The molecule has 1 heterocycles. The summed E-state index contributed by atoms with van der Waals surface area (Å²) < 4.78 is 16.6. The van der Waals surface area contributed by atoms with E-state index in [1.54, 1.807) is 32.3 Å². The van der Waals surface area contributed by atoms with Gasteiger partial charge in [-0.2, -0.15) is 0 Å². The summed E-state index contributed by atoms with van der Waals surface area (Å²) in [5.41, 5.74) is 4.12. The maximum Gasteiger partial charge on any atom is 0.232 e. The maximum absolute atomic E-state index is 13.5. The van der Waals surface area contributed by atoms with Crippen LogP contribution in [0.2, 0.25) is 0 Å². The average Bonchev–Trinajstić information content (AvgIpc) is 2.78. The Morgan fingerprint density at radius 3 is 2.32 bits per heavy atom. The van der Waals surface area contributed by atoms with E-state index in [2.05, 4.69) is 0 Å². The van der Waals surface area contributed by atoms with Gasteiger partial charge in [-0.25, -0.2) is 0 Å². The van der Waals surface area contributed by atoms with Gasteiger partial charge in [0, 0.05) is 35.6 Å². The summed E-state index contributed by atoms with van der Waals surface area (Å²) >= 11 is 0. The number of aryl methyl sites for hydroxylation is 1. The van der Waals surface area contributed by atoms with Crippen molar-refractivity contribution in [2.45, 2.75) is 38.5 Å². The van der Waals surface area contributed by atoms with Crippen molar-refractivity contribution < 1.29 is 23.8 Å². The van der Waals surface area contributed by atoms with Gasteiger partial charge in [0.05, 0.1) is 27.0 Å². The summed E-state index contributed by atoms with van der Waals surface area (Å²) in [5, 5.41) is 0. The van der Waals surface area contributed by atoms with Gasteiger partial charge in [0.2, 0.25) is 11.7 Å². The molecule has 1 aliphatic carbocycles. The van der Waals surface area contributed by atoms with Crippen molar-refractivity contribution in [1.82, 2.24) is 0 Å². The Morgan fingerprint density at radius 2 is 1.65 bits per heavy atom. The molecule has 0 fully saturated rings. The lowest BCUT2D eigenvalue weighted by atomic mass is 9.76. The van der Waals surface area contributed by atoms with E-state index in [9.17, 15) is 9.59 Å². The molecule has 162 valence electrons. The number of hydrogen-bond acceptors (Lipinski definition) is 5. The van der Waals surface area contributed by atoms with Crippen LogP contribution in [0.15, 0.2) is 47.7 Å². The Morgan fingerprint density at radius 1 is 0.903 bits per heavy atom.